The monoisotopic (exact) mass is 890 g/mol. The number of alkyl halides is 8. The maximum absolute atomic E-state index is 15.6. The van der Waals surface area contributed by atoms with Gasteiger partial charge in [-0.2, -0.15) is 36.5 Å². The number of piperidine rings is 2. The summed E-state index contributed by atoms with van der Waals surface area (Å²) in [4.78, 5) is 28.4. The van der Waals surface area contributed by atoms with Crippen LogP contribution in [0.2, 0.25) is 0 Å². The first-order chi connectivity index (χ1) is 30.7. The Morgan fingerprint density at radius 2 is 1.00 bits per heavy atom. The number of Topliss-reactive ketones (excluding diaryl/α,β-unsaturated/α-hetero) is 1. The molecule has 0 aliphatic carbocycles. The van der Waals surface area contributed by atoms with E-state index in [9.17, 15) is 35.1 Å². The second-order valence-corrected chi connectivity index (χ2v) is 16.4. The molecule has 332 valence electrons. The zero-order valence-corrected chi connectivity index (χ0v) is 33.8. The molecule has 2 fully saturated rings. The van der Waals surface area contributed by atoms with Gasteiger partial charge in [0.25, 0.3) is 0 Å². The van der Waals surface area contributed by atoms with Crippen LogP contribution in [-0.2, 0) is 17.9 Å². The molecule has 0 amide bonds. The molecule has 0 N–H and O–H groups in total. The topological polar surface area (TPSA) is 111 Å². The second kappa shape index (κ2) is 16.1. The molecule has 2 aliphatic rings. The van der Waals surface area contributed by atoms with Gasteiger partial charge in [-0.25, -0.2) is 8.78 Å². The van der Waals surface area contributed by atoms with Crippen LogP contribution < -0.4 is 0 Å². The van der Waals surface area contributed by atoms with E-state index in [1.807, 2.05) is 0 Å². The number of likely N-dealkylation sites (tertiary alicyclic amines) is 2. The van der Waals surface area contributed by atoms with Gasteiger partial charge in [-0.3, -0.25) is 33.9 Å². The third-order valence-electron chi connectivity index (χ3n) is 12.2. The van der Waals surface area contributed by atoms with Crippen molar-refractivity contribution in [3.8, 4) is 22.5 Å². The van der Waals surface area contributed by atoms with Gasteiger partial charge in [0.2, 0.25) is 0 Å². The number of benzene rings is 2. The normalized spacial score (nSPS) is 17.6. The van der Waals surface area contributed by atoms with Crippen LogP contribution in [0.15, 0.2) is 94.4 Å². The summed E-state index contributed by atoms with van der Waals surface area (Å²) in [5, 5.41) is 10.5. The Hall–Kier alpha value is -6.21. The van der Waals surface area contributed by atoms with Crippen molar-refractivity contribution in [3.05, 3.63) is 97.0 Å². The highest BCUT2D eigenvalue weighted by Crippen LogP contribution is 2.41. The van der Waals surface area contributed by atoms with Crippen LogP contribution in [0.4, 0.5) is 35.1 Å². The fourth-order valence-corrected chi connectivity index (χ4v) is 9.20. The van der Waals surface area contributed by atoms with Gasteiger partial charge in [0.15, 0.2) is 5.78 Å². The number of nitrogens with zero attached hydrogens (tertiary/aromatic N) is 8. The van der Waals surface area contributed by atoms with Crippen molar-refractivity contribution in [2.24, 2.45) is 0 Å². The van der Waals surface area contributed by atoms with Crippen molar-refractivity contribution in [2.45, 2.75) is 75.6 Å². The highest BCUT2D eigenvalue weighted by Gasteiger charge is 2.42. The lowest BCUT2D eigenvalue weighted by Crippen LogP contribution is -2.47. The first-order valence-electron chi connectivity index (χ1n) is 20.8. The van der Waals surface area contributed by atoms with Gasteiger partial charge in [-0.1, -0.05) is 36.4 Å². The molecule has 0 saturated carbocycles. The number of ketones is 1. The minimum absolute atomic E-state index is 0.0190. The van der Waals surface area contributed by atoms with Crippen molar-refractivity contribution in [2.75, 3.05) is 26.2 Å². The van der Waals surface area contributed by atoms with Crippen LogP contribution in [0.1, 0.15) is 49.2 Å². The van der Waals surface area contributed by atoms with Gasteiger partial charge >= 0.3 is 12.4 Å². The average molecular weight is 891 g/mol. The maximum Gasteiger partial charge on any atom is 0.408 e. The number of rotatable bonds is 10. The Morgan fingerprint density at radius 1 is 0.609 bits per heavy atom. The lowest BCUT2D eigenvalue weighted by Gasteiger charge is -2.40. The number of carbonyl (C=O) groups is 1. The Balaban J connectivity index is 1.13. The van der Waals surface area contributed by atoms with Gasteiger partial charge in [-0.05, 0) is 49.9 Å². The van der Waals surface area contributed by atoms with Crippen LogP contribution in [0.25, 0.3) is 66.3 Å². The molecule has 2 unspecified atom stereocenters. The molecule has 64 heavy (non-hydrogen) atoms. The van der Waals surface area contributed by atoms with E-state index in [4.69, 9.17) is 18.8 Å². The zero-order chi connectivity index (χ0) is 44.5. The Bertz CT molecular complexity index is 2810. The van der Waals surface area contributed by atoms with Gasteiger partial charge in [0.05, 0.1) is 22.4 Å². The quantitative estimate of drug-likeness (QED) is 0.124. The largest absolute Gasteiger partial charge is 0.464 e. The van der Waals surface area contributed by atoms with E-state index in [1.165, 1.54) is 37.1 Å². The van der Waals surface area contributed by atoms with Crippen LogP contribution in [-0.4, -0.2) is 96.0 Å². The number of hydrogen-bond donors (Lipinski definition) is 0. The molecule has 19 heteroatoms. The first-order valence-corrected chi connectivity index (χ1v) is 20.8. The molecule has 0 spiro atoms. The van der Waals surface area contributed by atoms with Gasteiger partial charge in [0, 0.05) is 71.2 Å². The van der Waals surface area contributed by atoms with E-state index < -0.39 is 55.7 Å². The number of fused-ring (bicyclic) bond motifs is 4. The second-order valence-electron chi connectivity index (χ2n) is 16.4. The lowest BCUT2D eigenvalue weighted by atomic mass is 9.92. The van der Waals surface area contributed by atoms with Gasteiger partial charge in [-0.15, -0.1) is 0 Å². The van der Waals surface area contributed by atoms with E-state index >= 15 is 4.79 Å². The number of hydrogen-bond acceptors (Lipinski definition) is 9. The molecular formula is C45H38F8N8O3. The van der Waals surface area contributed by atoms with Crippen LogP contribution in [0.3, 0.4) is 0 Å². The van der Waals surface area contributed by atoms with E-state index in [0.29, 0.717) is 33.1 Å². The summed E-state index contributed by atoms with van der Waals surface area (Å²) >= 11 is 0. The molecule has 8 heterocycles. The maximum atomic E-state index is 15.6. The standard InChI is InChI=1S/C45H38F8N8O3/c46-25-9-13-58(14-10-25)41(33-17-35-29(19-54-33)39(56-60(35)23-44(48,49)50)31-21-63-37-7-3-1-5-27(31)37)43(62)42(59-15-11-26(47)12-16-59)34-18-36-30(20-55-34)40(57-61(36)24-45(51,52)53)32-22-64-38-8-4-2-6-28(32)38/h1-8,17-22,25-26,41-42H,9-16,23-24H2. The Morgan fingerprint density at radius 3 is 1.39 bits per heavy atom. The fourth-order valence-electron chi connectivity index (χ4n) is 9.20. The number of furan rings is 2. The van der Waals surface area contributed by atoms with Crippen molar-refractivity contribution >= 4 is 49.5 Å². The molecule has 8 aromatic rings. The molecule has 0 bridgehead atoms. The van der Waals surface area contributed by atoms with Crippen molar-refractivity contribution in [3.63, 3.8) is 0 Å². The molecule has 2 saturated heterocycles. The molecule has 11 nitrogen and oxygen atoms in total. The van der Waals surface area contributed by atoms with E-state index in [1.54, 1.807) is 58.3 Å². The van der Waals surface area contributed by atoms with Crippen LogP contribution in [0.5, 0.6) is 0 Å². The Labute approximate surface area is 358 Å². The van der Waals surface area contributed by atoms with E-state index in [0.717, 1.165) is 9.36 Å². The van der Waals surface area contributed by atoms with Gasteiger partial charge < -0.3 is 8.83 Å². The number of aromatic nitrogens is 6. The third-order valence-corrected chi connectivity index (χ3v) is 12.2. The highest BCUT2D eigenvalue weighted by atomic mass is 19.4. The highest BCUT2D eigenvalue weighted by molar-refractivity contribution is 6.04. The smallest absolute Gasteiger partial charge is 0.408 e. The molecule has 2 atom stereocenters. The van der Waals surface area contributed by atoms with Crippen molar-refractivity contribution in [1.82, 2.24) is 39.3 Å². The first kappa shape index (κ1) is 41.8. The summed E-state index contributed by atoms with van der Waals surface area (Å²) in [7, 11) is 0. The summed E-state index contributed by atoms with van der Waals surface area (Å²) in [5.41, 5.74) is 2.32. The van der Waals surface area contributed by atoms with E-state index in [2.05, 4.69) is 10.2 Å². The number of carbonyl (C=O) groups excluding carboxylic acids is 1. The zero-order valence-electron chi connectivity index (χ0n) is 33.8. The summed E-state index contributed by atoms with van der Waals surface area (Å²) in [6, 6.07) is 14.1. The molecule has 0 radical (unpaired) electrons. The lowest BCUT2D eigenvalue weighted by molar-refractivity contribution is -0.142. The van der Waals surface area contributed by atoms with Crippen molar-refractivity contribution in [1.29, 1.82) is 0 Å². The summed E-state index contributed by atoms with van der Waals surface area (Å²) in [5.74, 6) is -0.570. The van der Waals surface area contributed by atoms with Gasteiger partial charge in [0.1, 0.15) is 72.6 Å². The summed E-state index contributed by atoms with van der Waals surface area (Å²) in [6.07, 6.45) is -5.98. The van der Waals surface area contributed by atoms with Crippen molar-refractivity contribution < 1.29 is 48.8 Å². The fraction of sp³-hybridized carbons (Fsp3) is 0.356. The van der Waals surface area contributed by atoms with E-state index in [-0.39, 0.29) is 96.4 Å². The minimum Gasteiger partial charge on any atom is -0.464 e. The third kappa shape index (κ3) is 7.88. The molecule has 6 aromatic heterocycles. The van der Waals surface area contributed by atoms with Crippen LogP contribution >= 0.6 is 0 Å². The summed E-state index contributed by atoms with van der Waals surface area (Å²) < 4.78 is 128. The Kier molecular flexibility index (Phi) is 10.5. The predicted molar refractivity (Wildman–Crippen MR) is 219 cm³/mol. The molecular weight excluding hydrogens is 853 g/mol. The average Bonchev–Trinajstić information content (AvgIpc) is 4.05. The number of halogens is 8. The predicted octanol–water partition coefficient (Wildman–Crippen LogP) is 10.3. The molecule has 2 aromatic carbocycles. The SMILES string of the molecule is O=C(C(c1cc2c(cn1)c(-c1coc3ccccc13)nn2CC(F)(F)F)N1CCC(F)CC1)C(c1cc2c(cn1)c(-c1coc3ccccc13)nn2CC(F)(F)F)N1CCC(F)CC1. The van der Waals surface area contributed by atoms with Crippen LogP contribution in [0, 0.1) is 0 Å². The number of para-hydroxylation sites is 2. The molecule has 2 aliphatic heterocycles. The summed E-state index contributed by atoms with van der Waals surface area (Å²) in [6.45, 7) is -2.62. The minimum atomic E-state index is -4.70. The number of pyridine rings is 2. The molecule has 10 rings (SSSR count).